The van der Waals surface area contributed by atoms with E-state index in [9.17, 15) is 13.6 Å². The summed E-state index contributed by atoms with van der Waals surface area (Å²) in [6, 6.07) is 5.13. The summed E-state index contributed by atoms with van der Waals surface area (Å²) in [5.41, 5.74) is 5.00. The fourth-order valence-electron chi connectivity index (χ4n) is 5.12. The maximum Gasteiger partial charge on any atom is 0.250 e. The Balaban J connectivity index is 1.71. The Morgan fingerprint density at radius 2 is 1.86 bits per heavy atom. The normalized spacial score (nSPS) is 16.7. The third-order valence-electron chi connectivity index (χ3n) is 7.15. The third kappa shape index (κ3) is 4.02. The summed E-state index contributed by atoms with van der Waals surface area (Å²) in [5.74, 6) is -2.39. The minimum atomic E-state index is -2.69. The molecule has 10 heteroatoms. The summed E-state index contributed by atoms with van der Waals surface area (Å²) >= 11 is 0. The molecule has 0 amide bonds. The molecule has 0 spiro atoms. The number of hydrogen-bond donors (Lipinski definition) is 0. The molecule has 0 saturated heterocycles. The highest BCUT2D eigenvalue weighted by Crippen LogP contribution is 2.43. The average molecular weight is 472 g/mol. The fraction of sp³-hybridized carbons (Fsp3) is 0.400. The number of halogens is 2. The number of pyridine rings is 2. The molecule has 5 rings (SSSR count). The number of nitrogens with zero attached hydrogens (tertiary/aromatic N) is 4. The zero-order valence-electron chi connectivity index (χ0n) is 19.9. The van der Waals surface area contributed by atoms with Crippen molar-refractivity contribution in [1.29, 1.82) is 0 Å². The second-order valence-electron chi connectivity index (χ2n) is 9.59. The molecule has 4 aromatic rings. The second-order valence-corrected chi connectivity index (χ2v) is 9.59. The van der Waals surface area contributed by atoms with Gasteiger partial charge in [0.2, 0.25) is 11.5 Å². The molecule has 1 aliphatic rings. The Kier molecular flexibility index (Phi) is 5.53. The van der Waals surface area contributed by atoms with Crippen LogP contribution in [0.15, 0.2) is 46.1 Å². The number of fused-ring (bicyclic) bond motifs is 1. The van der Waals surface area contributed by atoms with E-state index >= 15 is 0 Å². The molecular formula is C25H24B2F2N4O2. The molecule has 1 fully saturated rings. The van der Waals surface area contributed by atoms with Crippen molar-refractivity contribution in [2.45, 2.75) is 50.8 Å². The predicted molar refractivity (Wildman–Crippen MR) is 132 cm³/mol. The summed E-state index contributed by atoms with van der Waals surface area (Å²) in [6.07, 6.45) is 5.20. The van der Waals surface area contributed by atoms with E-state index in [2.05, 4.69) is 5.16 Å². The molecule has 4 heterocycles. The number of hydrogen-bond acceptors (Lipinski definition) is 4. The van der Waals surface area contributed by atoms with Crippen LogP contribution in [0.4, 0.5) is 8.78 Å². The highest BCUT2D eigenvalue weighted by molar-refractivity contribution is 6.38. The van der Waals surface area contributed by atoms with E-state index in [0.717, 1.165) is 27.9 Å². The van der Waals surface area contributed by atoms with Crippen molar-refractivity contribution >= 4 is 26.7 Å². The molecule has 0 bridgehead atoms. The van der Waals surface area contributed by atoms with Gasteiger partial charge in [-0.15, -0.1) is 0 Å². The van der Waals surface area contributed by atoms with Gasteiger partial charge in [-0.05, 0) is 50.1 Å². The molecule has 6 nitrogen and oxygen atoms in total. The number of aryl methyl sites for hydroxylation is 3. The van der Waals surface area contributed by atoms with E-state index in [0.29, 0.717) is 16.8 Å². The van der Waals surface area contributed by atoms with Gasteiger partial charge in [0.15, 0.2) is 0 Å². The third-order valence-corrected chi connectivity index (χ3v) is 7.15. The lowest BCUT2D eigenvalue weighted by Crippen LogP contribution is -2.45. The first-order valence-corrected chi connectivity index (χ1v) is 11.6. The molecule has 35 heavy (non-hydrogen) atoms. The average Bonchev–Trinajstić information content (AvgIpc) is 3.35. The molecule has 4 aromatic heterocycles. The first-order valence-electron chi connectivity index (χ1n) is 11.6. The fourth-order valence-corrected chi connectivity index (χ4v) is 5.12. The van der Waals surface area contributed by atoms with Crippen LogP contribution in [0.1, 0.15) is 37.1 Å². The van der Waals surface area contributed by atoms with Crippen LogP contribution in [0.5, 0.6) is 0 Å². The Bertz CT molecular complexity index is 1460. The van der Waals surface area contributed by atoms with Crippen LogP contribution in [0, 0.1) is 19.8 Å². The van der Waals surface area contributed by atoms with Crippen LogP contribution < -0.4 is 5.56 Å². The van der Waals surface area contributed by atoms with E-state index < -0.39 is 11.3 Å². The van der Waals surface area contributed by atoms with E-state index in [-0.39, 0.29) is 37.2 Å². The van der Waals surface area contributed by atoms with Crippen LogP contribution in [0.25, 0.3) is 33.3 Å². The molecule has 0 unspecified atom stereocenters. The zero-order chi connectivity index (χ0) is 25.1. The van der Waals surface area contributed by atoms with Crippen LogP contribution in [-0.4, -0.2) is 40.9 Å². The molecule has 1 saturated carbocycles. The van der Waals surface area contributed by atoms with Crippen LogP contribution >= 0.6 is 0 Å². The first kappa shape index (κ1) is 23.6. The van der Waals surface area contributed by atoms with Crippen molar-refractivity contribution < 1.29 is 13.3 Å². The highest BCUT2D eigenvalue weighted by Gasteiger charge is 2.41. The van der Waals surface area contributed by atoms with Gasteiger partial charge in [0.25, 0.3) is 0 Å². The maximum atomic E-state index is 13.9. The highest BCUT2D eigenvalue weighted by atomic mass is 19.3. The van der Waals surface area contributed by atoms with Gasteiger partial charge in [-0.3, -0.25) is 9.78 Å². The molecule has 0 atom stereocenters. The van der Waals surface area contributed by atoms with Gasteiger partial charge >= 0.3 is 0 Å². The summed E-state index contributed by atoms with van der Waals surface area (Å²) in [7, 11) is 15.1. The minimum absolute atomic E-state index is 0.138. The van der Waals surface area contributed by atoms with Crippen molar-refractivity contribution in [1.82, 2.24) is 19.3 Å². The van der Waals surface area contributed by atoms with Crippen molar-refractivity contribution in [3.8, 4) is 22.3 Å². The predicted octanol–water partition coefficient (Wildman–Crippen LogP) is 4.45. The maximum absolute atomic E-state index is 13.9. The number of alkyl halides is 2. The second kappa shape index (κ2) is 8.21. The number of rotatable bonds is 4. The summed E-state index contributed by atoms with van der Waals surface area (Å²) in [5, 5.41) is 2.62. The lowest BCUT2D eigenvalue weighted by molar-refractivity contribution is -0.0498. The molecule has 0 aromatic carbocycles. The van der Waals surface area contributed by atoms with Gasteiger partial charge in [-0.1, -0.05) is 5.16 Å². The van der Waals surface area contributed by atoms with Crippen LogP contribution in [-0.2, 0) is 12.4 Å². The largest absolute Gasteiger partial charge is 0.361 e. The SMILES string of the molecule is [B]C([B])(C1CCC(F)(F)CC1)n1cc(-c2ccc(=O)n(C)c2)c2ncc(-c3c(C)noc3C)cc21. The van der Waals surface area contributed by atoms with Crippen molar-refractivity contribution in [3.05, 3.63) is 58.6 Å². The van der Waals surface area contributed by atoms with E-state index in [4.69, 9.17) is 25.2 Å². The van der Waals surface area contributed by atoms with Gasteiger partial charge < -0.3 is 13.7 Å². The van der Waals surface area contributed by atoms with Crippen molar-refractivity contribution in [2.75, 3.05) is 0 Å². The quantitative estimate of drug-likeness (QED) is 0.412. The molecule has 1 aliphatic carbocycles. The summed E-state index contributed by atoms with van der Waals surface area (Å²) in [6.45, 7) is 3.68. The molecular weight excluding hydrogens is 448 g/mol. The molecule has 4 radical (unpaired) electrons. The molecule has 0 aliphatic heterocycles. The van der Waals surface area contributed by atoms with Gasteiger partial charge in [-0.25, -0.2) is 8.78 Å². The summed E-state index contributed by atoms with van der Waals surface area (Å²) < 4.78 is 36.3. The van der Waals surface area contributed by atoms with E-state index in [1.165, 1.54) is 10.6 Å². The topological polar surface area (TPSA) is 65.8 Å². The monoisotopic (exact) mass is 472 g/mol. The van der Waals surface area contributed by atoms with Gasteiger partial charge in [0.05, 0.1) is 32.4 Å². The van der Waals surface area contributed by atoms with Gasteiger partial charge in [-0.2, -0.15) is 0 Å². The Morgan fingerprint density at radius 3 is 2.49 bits per heavy atom. The van der Waals surface area contributed by atoms with E-state index in [1.54, 1.807) is 36.3 Å². The van der Waals surface area contributed by atoms with Gasteiger partial charge in [0.1, 0.15) is 5.76 Å². The summed E-state index contributed by atoms with van der Waals surface area (Å²) in [4.78, 5) is 16.7. The minimum Gasteiger partial charge on any atom is -0.361 e. The molecule has 176 valence electrons. The Morgan fingerprint density at radius 1 is 1.14 bits per heavy atom. The van der Waals surface area contributed by atoms with Crippen LogP contribution in [0.2, 0.25) is 0 Å². The van der Waals surface area contributed by atoms with E-state index in [1.807, 2.05) is 19.9 Å². The Hall–Kier alpha value is -3.16. The zero-order valence-corrected chi connectivity index (χ0v) is 19.9. The number of aromatic nitrogens is 4. The van der Waals surface area contributed by atoms with Gasteiger partial charge in [0, 0.05) is 66.8 Å². The van der Waals surface area contributed by atoms with Crippen molar-refractivity contribution in [3.63, 3.8) is 0 Å². The lowest BCUT2D eigenvalue weighted by atomic mass is 9.52. The first-order chi connectivity index (χ1) is 16.5. The molecule has 0 N–H and O–H groups in total. The van der Waals surface area contributed by atoms with Crippen molar-refractivity contribution in [2.24, 2.45) is 13.0 Å². The standard InChI is InChI=1S/C25H24B2F2N4O2/c1-14-22(15(2)35-31-14)17-10-20-23(30-11-17)19(16-4-5-21(34)32(3)12-16)13-33(20)25(26,27)18-6-8-24(28,29)9-7-18/h4-5,10-13,18H,6-9H2,1-3H3. The lowest BCUT2D eigenvalue weighted by Gasteiger charge is -2.42. The Labute approximate surface area is 204 Å². The smallest absolute Gasteiger partial charge is 0.250 e. The van der Waals surface area contributed by atoms with Crippen LogP contribution in [0.3, 0.4) is 0 Å².